The molecular weight excluding hydrogens is 276 g/mol. The number of hydrogen-bond donors (Lipinski definition) is 2. The van der Waals surface area contributed by atoms with Crippen molar-refractivity contribution in [2.45, 2.75) is 64.1 Å². The number of fused-ring (bicyclic) bond motifs is 2. The molecular formula is C19H28O3. The lowest BCUT2D eigenvalue weighted by Gasteiger charge is -2.53. The molecule has 0 aromatic carbocycles. The van der Waals surface area contributed by atoms with E-state index in [0.717, 1.165) is 30.6 Å². The molecule has 0 saturated heterocycles. The van der Waals surface area contributed by atoms with E-state index in [1.54, 1.807) is 0 Å². The fourth-order valence-electron chi connectivity index (χ4n) is 5.72. The third-order valence-corrected chi connectivity index (χ3v) is 7.38. The number of aliphatic hydroxyl groups excluding tert-OH is 2. The monoisotopic (exact) mass is 304 g/mol. The number of aliphatic hydroxyl groups is 2. The number of hydrogen-bond acceptors (Lipinski definition) is 3. The van der Waals surface area contributed by atoms with Gasteiger partial charge in [-0.1, -0.05) is 25.5 Å². The Labute approximate surface area is 132 Å². The van der Waals surface area contributed by atoms with E-state index < -0.39 is 0 Å². The van der Waals surface area contributed by atoms with Crippen LogP contribution in [0.4, 0.5) is 0 Å². The van der Waals surface area contributed by atoms with Crippen LogP contribution in [0, 0.1) is 35.0 Å². The van der Waals surface area contributed by atoms with E-state index in [0.29, 0.717) is 18.6 Å². The molecule has 7 atom stereocenters. The minimum absolute atomic E-state index is 0.0461. The number of rotatable bonds is 4. The van der Waals surface area contributed by atoms with Crippen LogP contribution in [0.5, 0.6) is 0 Å². The minimum Gasteiger partial charge on any atom is -0.393 e. The average molecular weight is 304 g/mol. The Balaban J connectivity index is 1.36. The first-order chi connectivity index (χ1) is 10.5. The van der Waals surface area contributed by atoms with Crippen molar-refractivity contribution in [3.05, 3.63) is 12.2 Å². The molecule has 4 rings (SSSR count). The highest BCUT2D eigenvalue weighted by Gasteiger charge is 2.57. The smallest absolute Gasteiger partial charge is 0.139 e. The fraction of sp³-hybridized carbons (Fsp3) is 0.842. The van der Waals surface area contributed by atoms with Gasteiger partial charge in [-0.05, 0) is 55.8 Å². The van der Waals surface area contributed by atoms with Crippen molar-refractivity contribution in [1.29, 1.82) is 0 Å². The van der Waals surface area contributed by atoms with E-state index in [9.17, 15) is 15.0 Å². The summed E-state index contributed by atoms with van der Waals surface area (Å²) < 4.78 is 0. The average Bonchev–Trinajstić information content (AvgIpc) is 2.93. The van der Waals surface area contributed by atoms with Crippen LogP contribution in [0.15, 0.2) is 12.2 Å². The van der Waals surface area contributed by atoms with Gasteiger partial charge in [0.05, 0.1) is 12.2 Å². The van der Waals surface area contributed by atoms with E-state index in [1.807, 2.05) is 12.2 Å². The summed E-state index contributed by atoms with van der Waals surface area (Å²) in [6, 6.07) is 0. The standard InChI is InChI=1S/C19H28O3/c1-19-8-7-17(21)14(16(19)10-18(19)22)6-5-11(20)9-15-12-3-2-4-13(12)15/h5-6,11-17,20-21H,2-4,7-10H2,1H3/b6-5+/t11-,12?,13?,14-,15?,16-,17-,19+/m0/s1. The Morgan fingerprint density at radius 3 is 2.73 bits per heavy atom. The van der Waals surface area contributed by atoms with Crippen LogP contribution in [0.2, 0.25) is 0 Å². The van der Waals surface area contributed by atoms with Crippen molar-refractivity contribution in [2.24, 2.45) is 35.0 Å². The molecule has 0 amide bonds. The maximum absolute atomic E-state index is 11.9. The predicted molar refractivity (Wildman–Crippen MR) is 84.0 cm³/mol. The second-order valence-electron chi connectivity index (χ2n) is 8.45. The Kier molecular flexibility index (Phi) is 3.50. The van der Waals surface area contributed by atoms with Crippen LogP contribution < -0.4 is 0 Å². The summed E-state index contributed by atoms with van der Waals surface area (Å²) in [5.74, 6) is 3.18. The first-order valence-electron chi connectivity index (χ1n) is 9.08. The Bertz CT molecular complexity index is 489. The van der Waals surface area contributed by atoms with Gasteiger partial charge in [-0.2, -0.15) is 0 Å². The molecule has 4 fully saturated rings. The van der Waals surface area contributed by atoms with Gasteiger partial charge in [0.25, 0.3) is 0 Å². The Hall–Kier alpha value is -0.670. The van der Waals surface area contributed by atoms with Gasteiger partial charge in [0, 0.05) is 17.8 Å². The second kappa shape index (κ2) is 5.17. The van der Waals surface area contributed by atoms with Gasteiger partial charge in [-0.25, -0.2) is 0 Å². The van der Waals surface area contributed by atoms with Crippen molar-refractivity contribution in [1.82, 2.24) is 0 Å². The van der Waals surface area contributed by atoms with Crippen LogP contribution in [-0.4, -0.2) is 28.2 Å². The van der Waals surface area contributed by atoms with Crippen LogP contribution in [-0.2, 0) is 4.79 Å². The van der Waals surface area contributed by atoms with E-state index in [1.165, 1.54) is 19.3 Å². The highest BCUT2D eigenvalue weighted by atomic mass is 16.3. The number of carbonyl (C=O) groups is 1. The van der Waals surface area contributed by atoms with E-state index in [2.05, 4.69) is 6.92 Å². The number of Topliss-reactive ketones (excluding diaryl/α,β-unsaturated/α-hetero) is 1. The lowest BCUT2D eigenvalue weighted by molar-refractivity contribution is -0.157. The van der Waals surface area contributed by atoms with Crippen LogP contribution >= 0.6 is 0 Å². The lowest BCUT2D eigenvalue weighted by atomic mass is 9.50. The summed E-state index contributed by atoms with van der Waals surface area (Å²) in [6.07, 6.45) is 10.3. The topological polar surface area (TPSA) is 57.5 Å². The van der Waals surface area contributed by atoms with Crippen molar-refractivity contribution < 1.29 is 15.0 Å². The summed E-state index contributed by atoms with van der Waals surface area (Å²) >= 11 is 0. The molecule has 3 nitrogen and oxygen atoms in total. The highest BCUT2D eigenvalue weighted by molar-refractivity contribution is 5.91. The Morgan fingerprint density at radius 1 is 1.32 bits per heavy atom. The summed E-state index contributed by atoms with van der Waals surface area (Å²) in [5.41, 5.74) is -0.216. The maximum atomic E-state index is 11.9. The predicted octanol–water partition coefficient (Wildman–Crippen LogP) is 2.71. The largest absolute Gasteiger partial charge is 0.393 e. The molecule has 0 aromatic rings. The third-order valence-electron chi connectivity index (χ3n) is 7.38. The molecule has 0 radical (unpaired) electrons. The summed E-state index contributed by atoms with van der Waals surface area (Å²) in [6.45, 7) is 2.05. The number of ketones is 1. The molecule has 3 heteroatoms. The van der Waals surface area contributed by atoms with Gasteiger partial charge < -0.3 is 10.2 Å². The molecule has 22 heavy (non-hydrogen) atoms. The molecule has 122 valence electrons. The number of carbonyl (C=O) groups excluding carboxylic acids is 1. The van der Waals surface area contributed by atoms with Gasteiger partial charge in [0.2, 0.25) is 0 Å². The van der Waals surface area contributed by atoms with Crippen LogP contribution in [0.1, 0.15) is 51.9 Å². The summed E-state index contributed by atoms with van der Waals surface area (Å²) in [5, 5.41) is 20.6. The maximum Gasteiger partial charge on any atom is 0.139 e. The van der Waals surface area contributed by atoms with E-state index in [-0.39, 0.29) is 29.5 Å². The molecule has 0 aromatic heterocycles. The first kappa shape index (κ1) is 14.9. The molecule has 4 aliphatic carbocycles. The van der Waals surface area contributed by atoms with Crippen molar-refractivity contribution in [3.8, 4) is 0 Å². The van der Waals surface area contributed by atoms with Crippen LogP contribution in [0.25, 0.3) is 0 Å². The van der Waals surface area contributed by atoms with Gasteiger partial charge in [0.1, 0.15) is 5.78 Å². The fourth-order valence-corrected chi connectivity index (χ4v) is 5.72. The van der Waals surface area contributed by atoms with Gasteiger partial charge in [0.15, 0.2) is 0 Å². The van der Waals surface area contributed by atoms with Gasteiger partial charge in [-0.3, -0.25) is 4.79 Å². The quantitative estimate of drug-likeness (QED) is 0.785. The highest BCUT2D eigenvalue weighted by Crippen LogP contribution is 2.59. The molecule has 2 N–H and O–H groups in total. The molecule has 2 unspecified atom stereocenters. The zero-order valence-electron chi connectivity index (χ0n) is 13.4. The zero-order valence-corrected chi connectivity index (χ0v) is 13.4. The zero-order chi connectivity index (χ0) is 15.5. The molecule has 4 aliphatic rings. The van der Waals surface area contributed by atoms with Crippen molar-refractivity contribution in [3.63, 3.8) is 0 Å². The van der Waals surface area contributed by atoms with Crippen molar-refractivity contribution in [2.75, 3.05) is 0 Å². The lowest BCUT2D eigenvalue weighted by Crippen LogP contribution is -2.56. The van der Waals surface area contributed by atoms with Crippen molar-refractivity contribution >= 4 is 5.78 Å². The molecule has 0 bridgehead atoms. The molecule has 0 spiro atoms. The molecule has 0 heterocycles. The van der Waals surface area contributed by atoms with E-state index in [4.69, 9.17) is 0 Å². The minimum atomic E-state index is -0.383. The van der Waals surface area contributed by atoms with Gasteiger partial charge in [-0.15, -0.1) is 0 Å². The van der Waals surface area contributed by atoms with Crippen LogP contribution in [0.3, 0.4) is 0 Å². The second-order valence-corrected chi connectivity index (χ2v) is 8.45. The summed E-state index contributed by atoms with van der Waals surface area (Å²) in [4.78, 5) is 11.9. The SMILES string of the molecule is C[C@@]12CC[C@H](O)[C@@H](/C=C/[C@H](O)CC3C4CCCC43)[C@@H]1CC2=O. The third kappa shape index (κ3) is 2.20. The first-order valence-corrected chi connectivity index (χ1v) is 9.08. The molecule has 4 saturated carbocycles. The normalized spacial score (nSPS) is 51.3. The summed E-state index contributed by atoms with van der Waals surface area (Å²) in [7, 11) is 0. The van der Waals surface area contributed by atoms with Gasteiger partial charge >= 0.3 is 0 Å². The van der Waals surface area contributed by atoms with E-state index >= 15 is 0 Å². The molecule has 0 aliphatic heterocycles. The Morgan fingerprint density at radius 2 is 2.05 bits per heavy atom.